The SMILES string of the molecule is Cc1nc(CS(=O)(=O)CC2(O)CCCCC2)cs1. The van der Waals surface area contributed by atoms with Gasteiger partial charge in [0.25, 0.3) is 0 Å². The van der Waals surface area contributed by atoms with Crippen LogP contribution in [0, 0.1) is 6.92 Å². The minimum absolute atomic E-state index is 0.0559. The number of hydrogen-bond donors (Lipinski definition) is 1. The highest BCUT2D eigenvalue weighted by Gasteiger charge is 2.34. The Morgan fingerprint density at radius 3 is 2.61 bits per heavy atom. The number of rotatable bonds is 4. The molecule has 1 aromatic heterocycles. The molecule has 1 heterocycles. The summed E-state index contributed by atoms with van der Waals surface area (Å²) in [5.74, 6) is -0.184. The lowest BCUT2D eigenvalue weighted by Crippen LogP contribution is -2.39. The van der Waals surface area contributed by atoms with Crippen molar-refractivity contribution in [2.24, 2.45) is 0 Å². The van der Waals surface area contributed by atoms with E-state index < -0.39 is 15.4 Å². The molecule has 0 radical (unpaired) electrons. The number of hydrogen-bond acceptors (Lipinski definition) is 5. The van der Waals surface area contributed by atoms with Gasteiger partial charge in [0.05, 0.1) is 27.8 Å². The molecular formula is C12H19NO3S2. The minimum atomic E-state index is -3.29. The van der Waals surface area contributed by atoms with E-state index >= 15 is 0 Å². The van der Waals surface area contributed by atoms with Gasteiger partial charge in [0, 0.05) is 5.38 Å². The normalized spacial score (nSPS) is 19.9. The first-order chi connectivity index (χ1) is 8.39. The van der Waals surface area contributed by atoms with Crippen molar-refractivity contribution in [2.75, 3.05) is 5.75 Å². The lowest BCUT2D eigenvalue weighted by Gasteiger charge is -2.31. The van der Waals surface area contributed by atoms with Crippen LogP contribution >= 0.6 is 11.3 Å². The second kappa shape index (κ2) is 5.27. The predicted octanol–water partition coefficient (Wildman–Crippen LogP) is 2.06. The maximum Gasteiger partial charge on any atom is 0.158 e. The van der Waals surface area contributed by atoms with Crippen LogP contribution < -0.4 is 0 Å². The molecule has 102 valence electrons. The molecule has 18 heavy (non-hydrogen) atoms. The van der Waals surface area contributed by atoms with Crippen LogP contribution in [0.15, 0.2) is 5.38 Å². The fraction of sp³-hybridized carbons (Fsp3) is 0.750. The third kappa shape index (κ3) is 3.76. The lowest BCUT2D eigenvalue weighted by molar-refractivity contribution is 0.0257. The molecule has 1 N–H and O–H groups in total. The van der Waals surface area contributed by atoms with E-state index in [1.165, 1.54) is 11.3 Å². The molecule has 0 amide bonds. The lowest BCUT2D eigenvalue weighted by atomic mass is 9.86. The Morgan fingerprint density at radius 1 is 1.39 bits per heavy atom. The van der Waals surface area contributed by atoms with Gasteiger partial charge in [-0.1, -0.05) is 19.3 Å². The molecule has 0 saturated heterocycles. The summed E-state index contributed by atoms with van der Waals surface area (Å²) in [4.78, 5) is 4.17. The summed E-state index contributed by atoms with van der Waals surface area (Å²) in [7, 11) is -3.29. The van der Waals surface area contributed by atoms with E-state index in [-0.39, 0.29) is 11.5 Å². The Balaban J connectivity index is 2.02. The van der Waals surface area contributed by atoms with Gasteiger partial charge in [-0.3, -0.25) is 0 Å². The predicted molar refractivity (Wildman–Crippen MR) is 72.4 cm³/mol. The number of aliphatic hydroxyl groups is 1. The minimum Gasteiger partial charge on any atom is -0.389 e. The maximum atomic E-state index is 12.1. The van der Waals surface area contributed by atoms with Crippen LogP contribution in [0.2, 0.25) is 0 Å². The highest BCUT2D eigenvalue weighted by Crippen LogP contribution is 2.30. The molecule has 4 nitrogen and oxygen atoms in total. The molecule has 0 unspecified atom stereocenters. The van der Waals surface area contributed by atoms with E-state index in [0.717, 1.165) is 24.3 Å². The summed E-state index contributed by atoms with van der Waals surface area (Å²) in [5, 5.41) is 12.9. The zero-order valence-corrected chi connectivity index (χ0v) is 12.2. The Hall–Kier alpha value is -0.460. The van der Waals surface area contributed by atoms with Crippen LogP contribution in [-0.4, -0.2) is 29.9 Å². The Bertz CT molecular complexity index is 501. The van der Waals surface area contributed by atoms with Crippen LogP contribution in [-0.2, 0) is 15.6 Å². The van der Waals surface area contributed by atoms with Gasteiger partial charge in [-0.15, -0.1) is 11.3 Å². The maximum absolute atomic E-state index is 12.1. The molecule has 1 saturated carbocycles. The molecule has 1 aliphatic carbocycles. The third-order valence-corrected chi connectivity index (χ3v) is 5.84. The van der Waals surface area contributed by atoms with Crippen molar-refractivity contribution in [2.45, 2.75) is 50.4 Å². The van der Waals surface area contributed by atoms with Crippen molar-refractivity contribution < 1.29 is 13.5 Å². The standard InChI is InChI=1S/C12H19NO3S2/c1-10-13-11(7-17-10)8-18(15,16)9-12(14)5-3-2-4-6-12/h7,14H,2-6,8-9H2,1H3. The van der Waals surface area contributed by atoms with E-state index in [9.17, 15) is 13.5 Å². The van der Waals surface area contributed by atoms with E-state index in [2.05, 4.69) is 4.98 Å². The molecule has 0 bridgehead atoms. The summed E-state index contributed by atoms with van der Waals surface area (Å²) in [6.45, 7) is 1.86. The van der Waals surface area contributed by atoms with Crippen molar-refractivity contribution in [1.29, 1.82) is 0 Å². The Labute approximate surface area is 112 Å². The van der Waals surface area contributed by atoms with E-state index in [1.54, 1.807) is 5.38 Å². The first-order valence-corrected chi connectivity index (χ1v) is 8.93. The fourth-order valence-corrected chi connectivity index (χ4v) is 5.04. The molecule has 1 fully saturated rings. The summed E-state index contributed by atoms with van der Waals surface area (Å²) >= 11 is 1.45. The number of aryl methyl sites for hydroxylation is 1. The molecule has 1 aromatic rings. The molecule has 0 aliphatic heterocycles. The molecule has 0 spiro atoms. The summed E-state index contributed by atoms with van der Waals surface area (Å²) < 4.78 is 24.2. The highest BCUT2D eigenvalue weighted by molar-refractivity contribution is 7.90. The van der Waals surface area contributed by atoms with Crippen LogP contribution in [0.4, 0.5) is 0 Å². The van der Waals surface area contributed by atoms with Crippen molar-refractivity contribution >= 4 is 21.2 Å². The summed E-state index contributed by atoms with van der Waals surface area (Å²) in [6, 6.07) is 0. The summed E-state index contributed by atoms with van der Waals surface area (Å²) in [6.07, 6.45) is 4.13. The zero-order chi connectivity index (χ0) is 13.2. The van der Waals surface area contributed by atoms with Crippen LogP contribution in [0.25, 0.3) is 0 Å². The van der Waals surface area contributed by atoms with Crippen molar-refractivity contribution in [3.8, 4) is 0 Å². The molecule has 0 aromatic carbocycles. The first kappa shape index (κ1) is 14.0. The fourth-order valence-electron chi connectivity index (χ4n) is 2.51. The number of nitrogens with zero attached hydrogens (tertiary/aromatic N) is 1. The monoisotopic (exact) mass is 289 g/mol. The van der Waals surface area contributed by atoms with Crippen LogP contribution in [0.5, 0.6) is 0 Å². The smallest absolute Gasteiger partial charge is 0.158 e. The average molecular weight is 289 g/mol. The van der Waals surface area contributed by atoms with E-state index in [4.69, 9.17) is 0 Å². The van der Waals surface area contributed by atoms with Gasteiger partial charge in [0.1, 0.15) is 0 Å². The average Bonchev–Trinajstić information content (AvgIpc) is 2.62. The van der Waals surface area contributed by atoms with Crippen molar-refractivity contribution in [3.63, 3.8) is 0 Å². The molecule has 1 aliphatic rings. The van der Waals surface area contributed by atoms with Gasteiger partial charge in [0.2, 0.25) is 0 Å². The molecule has 2 rings (SSSR count). The topological polar surface area (TPSA) is 67.3 Å². The second-order valence-corrected chi connectivity index (χ2v) is 8.30. The van der Waals surface area contributed by atoms with E-state index in [0.29, 0.717) is 18.5 Å². The Morgan fingerprint density at radius 2 is 2.06 bits per heavy atom. The Kier molecular flexibility index (Phi) is 4.08. The number of aromatic nitrogens is 1. The molecule has 6 heteroatoms. The number of thiazole rings is 1. The third-order valence-electron chi connectivity index (χ3n) is 3.31. The summed E-state index contributed by atoms with van der Waals surface area (Å²) in [5.41, 5.74) is -0.417. The molecule has 0 atom stereocenters. The van der Waals surface area contributed by atoms with Gasteiger partial charge < -0.3 is 5.11 Å². The zero-order valence-electron chi connectivity index (χ0n) is 10.6. The largest absolute Gasteiger partial charge is 0.389 e. The van der Waals surface area contributed by atoms with Crippen molar-refractivity contribution in [1.82, 2.24) is 4.98 Å². The van der Waals surface area contributed by atoms with Crippen molar-refractivity contribution in [3.05, 3.63) is 16.1 Å². The van der Waals surface area contributed by atoms with E-state index in [1.807, 2.05) is 6.92 Å². The molecular weight excluding hydrogens is 270 g/mol. The highest BCUT2D eigenvalue weighted by atomic mass is 32.2. The van der Waals surface area contributed by atoms with Gasteiger partial charge in [-0.05, 0) is 19.8 Å². The van der Waals surface area contributed by atoms with Crippen LogP contribution in [0.3, 0.4) is 0 Å². The van der Waals surface area contributed by atoms with Gasteiger partial charge in [-0.25, -0.2) is 13.4 Å². The first-order valence-electron chi connectivity index (χ1n) is 6.22. The van der Waals surface area contributed by atoms with Gasteiger partial charge in [-0.2, -0.15) is 0 Å². The quantitative estimate of drug-likeness (QED) is 0.921. The second-order valence-electron chi connectivity index (χ2n) is 5.18. The number of sulfone groups is 1. The van der Waals surface area contributed by atoms with Gasteiger partial charge >= 0.3 is 0 Å². The van der Waals surface area contributed by atoms with Gasteiger partial charge in [0.15, 0.2) is 9.84 Å². The van der Waals surface area contributed by atoms with Crippen LogP contribution in [0.1, 0.15) is 42.8 Å².